The van der Waals surface area contributed by atoms with Crippen molar-refractivity contribution in [1.82, 2.24) is 25.6 Å². The van der Waals surface area contributed by atoms with E-state index in [1.165, 1.54) is 6.20 Å². The second kappa shape index (κ2) is 7.82. The molecule has 3 rings (SSSR count). The van der Waals surface area contributed by atoms with Crippen LogP contribution in [0.1, 0.15) is 51.7 Å². The van der Waals surface area contributed by atoms with Gasteiger partial charge in [0.25, 0.3) is 11.8 Å². The summed E-state index contributed by atoms with van der Waals surface area (Å²) in [7, 11) is 0. The van der Waals surface area contributed by atoms with Crippen molar-refractivity contribution >= 4 is 11.8 Å². The fraction of sp³-hybridized carbons (Fsp3) is 0.200. The highest BCUT2D eigenvalue weighted by Gasteiger charge is 2.21. The molecular weight excluding hydrogens is 342 g/mol. The van der Waals surface area contributed by atoms with Gasteiger partial charge < -0.3 is 0 Å². The molecule has 2 amide bonds. The van der Waals surface area contributed by atoms with Crippen LogP contribution >= 0.6 is 0 Å². The van der Waals surface area contributed by atoms with E-state index in [0.29, 0.717) is 16.9 Å². The number of amides is 2. The SMILES string of the molecule is Cc1ccc(C(=O)NNC(=O)c2cnn(-c3ccccn3)c2C(C)C)cc1. The molecule has 0 aliphatic rings. The van der Waals surface area contributed by atoms with Crippen LogP contribution in [-0.2, 0) is 0 Å². The Balaban J connectivity index is 1.78. The van der Waals surface area contributed by atoms with Gasteiger partial charge in [0.1, 0.15) is 0 Å². The molecule has 2 N–H and O–H groups in total. The molecule has 0 fully saturated rings. The van der Waals surface area contributed by atoms with E-state index in [1.807, 2.05) is 51.1 Å². The van der Waals surface area contributed by atoms with Gasteiger partial charge in [-0.25, -0.2) is 9.67 Å². The molecular formula is C20H21N5O2. The number of hydrogen-bond acceptors (Lipinski definition) is 4. The highest BCUT2D eigenvalue weighted by atomic mass is 16.2. The smallest absolute Gasteiger partial charge is 0.267 e. The minimum atomic E-state index is -0.429. The molecule has 2 aromatic heterocycles. The summed E-state index contributed by atoms with van der Waals surface area (Å²) in [6, 6.07) is 12.6. The quantitative estimate of drug-likeness (QED) is 0.698. The van der Waals surface area contributed by atoms with E-state index in [1.54, 1.807) is 23.0 Å². The number of nitrogens with one attached hydrogen (secondary N) is 2. The molecule has 0 saturated carbocycles. The molecule has 0 saturated heterocycles. The summed E-state index contributed by atoms with van der Waals surface area (Å²) in [4.78, 5) is 29.1. The van der Waals surface area contributed by atoms with Crippen LogP contribution in [0, 0.1) is 6.92 Å². The molecule has 7 heteroatoms. The molecule has 1 aromatic carbocycles. The Bertz CT molecular complexity index is 946. The maximum Gasteiger partial charge on any atom is 0.273 e. The second-order valence-electron chi connectivity index (χ2n) is 6.47. The van der Waals surface area contributed by atoms with Gasteiger partial charge in [-0.05, 0) is 37.1 Å². The molecule has 27 heavy (non-hydrogen) atoms. The van der Waals surface area contributed by atoms with Gasteiger partial charge in [0.05, 0.1) is 17.5 Å². The molecule has 0 aliphatic heterocycles. The average Bonchev–Trinajstić information content (AvgIpc) is 3.12. The largest absolute Gasteiger partial charge is 0.273 e. The second-order valence-corrected chi connectivity index (χ2v) is 6.47. The number of aryl methyl sites for hydroxylation is 1. The molecule has 7 nitrogen and oxygen atoms in total. The summed E-state index contributed by atoms with van der Waals surface area (Å²) in [6.45, 7) is 5.88. The topological polar surface area (TPSA) is 88.9 Å². The van der Waals surface area contributed by atoms with Gasteiger partial charge in [0.2, 0.25) is 0 Å². The van der Waals surface area contributed by atoms with Crippen molar-refractivity contribution < 1.29 is 9.59 Å². The van der Waals surface area contributed by atoms with Gasteiger partial charge in [-0.2, -0.15) is 5.10 Å². The Morgan fingerprint density at radius 3 is 2.33 bits per heavy atom. The minimum absolute atomic E-state index is 0.0306. The zero-order valence-electron chi connectivity index (χ0n) is 15.4. The van der Waals surface area contributed by atoms with Gasteiger partial charge in [-0.15, -0.1) is 0 Å². The van der Waals surface area contributed by atoms with Gasteiger partial charge in [-0.1, -0.05) is 37.6 Å². The maximum absolute atomic E-state index is 12.6. The molecule has 0 atom stereocenters. The fourth-order valence-electron chi connectivity index (χ4n) is 2.71. The van der Waals surface area contributed by atoms with Gasteiger partial charge in [0, 0.05) is 11.8 Å². The lowest BCUT2D eigenvalue weighted by Gasteiger charge is -2.12. The number of pyridine rings is 1. The van der Waals surface area contributed by atoms with Crippen LogP contribution < -0.4 is 10.9 Å². The number of hydrogen-bond donors (Lipinski definition) is 2. The number of rotatable bonds is 4. The summed E-state index contributed by atoms with van der Waals surface area (Å²) < 4.78 is 1.64. The van der Waals surface area contributed by atoms with E-state index < -0.39 is 5.91 Å². The first kappa shape index (κ1) is 18.3. The first-order chi connectivity index (χ1) is 13.0. The highest BCUT2D eigenvalue weighted by molar-refractivity contribution is 5.99. The van der Waals surface area contributed by atoms with E-state index in [4.69, 9.17) is 0 Å². The number of nitrogens with zero attached hydrogens (tertiary/aromatic N) is 3. The molecule has 0 bridgehead atoms. The van der Waals surface area contributed by atoms with Crippen molar-refractivity contribution in [1.29, 1.82) is 0 Å². The molecule has 3 aromatic rings. The van der Waals surface area contributed by atoms with Crippen LogP contribution in [0.5, 0.6) is 0 Å². The molecule has 0 radical (unpaired) electrons. The Morgan fingerprint density at radius 2 is 1.70 bits per heavy atom. The lowest BCUT2D eigenvalue weighted by Crippen LogP contribution is -2.41. The van der Waals surface area contributed by atoms with Crippen LogP contribution in [-0.4, -0.2) is 26.6 Å². The predicted octanol–water partition coefficient (Wildman–Crippen LogP) is 2.77. The standard InChI is InChI=1S/C20H21N5O2/c1-13(2)18-16(12-22-25(18)17-6-4-5-11-21-17)20(27)24-23-19(26)15-9-7-14(3)8-10-15/h4-13H,1-3H3,(H,23,26)(H,24,27). The monoisotopic (exact) mass is 363 g/mol. The van der Waals surface area contributed by atoms with Crippen LogP contribution in [0.2, 0.25) is 0 Å². The number of carbonyl (C=O) groups is 2. The number of carbonyl (C=O) groups excluding carboxylic acids is 2. The van der Waals surface area contributed by atoms with Crippen molar-refractivity contribution in [2.75, 3.05) is 0 Å². The Labute approximate surface area is 157 Å². The highest BCUT2D eigenvalue weighted by Crippen LogP contribution is 2.22. The third-order valence-corrected chi connectivity index (χ3v) is 4.07. The van der Waals surface area contributed by atoms with Crippen LogP contribution in [0.15, 0.2) is 54.9 Å². The number of aromatic nitrogens is 3. The average molecular weight is 363 g/mol. The zero-order chi connectivity index (χ0) is 19.4. The first-order valence-electron chi connectivity index (χ1n) is 8.64. The molecule has 2 heterocycles. The van der Waals surface area contributed by atoms with E-state index in [-0.39, 0.29) is 11.8 Å². The predicted molar refractivity (Wildman–Crippen MR) is 102 cm³/mol. The van der Waals surface area contributed by atoms with Crippen molar-refractivity contribution in [3.8, 4) is 5.82 Å². The van der Waals surface area contributed by atoms with Crippen LogP contribution in [0.25, 0.3) is 5.82 Å². The third kappa shape index (κ3) is 4.03. The van der Waals surface area contributed by atoms with E-state index in [0.717, 1.165) is 11.3 Å². The molecule has 0 aliphatic carbocycles. The fourth-order valence-corrected chi connectivity index (χ4v) is 2.71. The maximum atomic E-state index is 12.6. The summed E-state index contributed by atoms with van der Waals surface area (Å²) in [5.74, 6) is -0.153. The Hall–Kier alpha value is -3.48. The summed E-state index contributed by atoms with van der Waals surface area (Å²) >= 11 is 0. The lowest BCUT2D eigenvalue weighted by atomic mass is 10.1. The summed E-state index contributed by atoms with van der Waals surface area (Å²) in [6.07, 6.45) is 3.15. The van der Waals surface area contributed by atoms with E-state index >= 15 is 0 Å². The van der Waals surface area contributed by atoms with Crippen LogP contribution in [0.4, 0.5) is 0 Å². The van der Waals surface area contributed by atoms with Crippen molar-refractivity contribution in [2.24, 2.45) is 0 Å². The van der Waals surface area contributed by atoms with Crippen LogP contribution in [0.3, 0.4) is 0 Å². The first-order valence-corrected chi connectivity index (χ1v) is 8.64. The lowest BCUT2D eigenvalue weighted by molar-refractivity contribution is 0.0846. The third-order valence-electron chi connectivity index (χ3n) is 4.07. The summed E-state index contributed by atoms with van der Waals surface area (Å²) in [5, 5.41) is 4.30. The van der Waals surface area contributed by atoms with E-state index in [9.17, 15) is 9.59 Å². The normalized spacial score (nSPS) is 10.7. The van der Waals surface area contributed by atoms with E-state index in [2.05, 4.69) is 20.9 Å². The molecule has 138 valence electrons. The van der Waals surface area contributed by atoms with Crippen molar-refractivity contribution in [2.45, 2.75) is 26.7 Å². The Morgan fingerprint density at radius 1 is 1.00 bits per heavy atom. The summed E-state index contributed by atoms with van der Waals surface area (Å²) in [5.41, 5.74) is 7.53. The van der Waals surface area contributed by atoms with Gasteiger partial charge >= 0.3 is 0 Å². The Kier molecular flexibility index (Phi) is 5.30. The van der Waals surface area contributed by atoms with Gasteiger partial charge in [-0.3, -0.25) is 20.4 Å². The zero-order valence-corrected chi connectivity index (χ0v) is 15.4. The number of hydrazine groups is 1. The minimum Gasteiger partial charge on any atom is -0.267 e. The van der Waals surface area contributed by atoms with Crippen molar-refractivity contribution in [3.63, 3.8) is 0 Å². The molecule has 0 spiro atoms. The van der Waals surface area contributed by atoms with Crippen molar-refractivity contribution in [3.05, 3.63) is 77.2 Å². The molecule has 0 unspecified atom stereocenters. The van der Waals surface area contributed by atoms with Gasteiger partial charge in [0.15, 0.2) is 5.82 Å². The number of benzene rings is 1.